The number of nitrogens with zero attached hydrogens (tertiary/aromatic N) is 2. The molecule has 1 amide bonds. The molecule has 1 aromatic heterocycles. The van der Waals surface area contributed by atoms with Crippen LogP contribution in [-0.2, 0) is 13.0 Å². The lowest BCUT2D eigenvalue weighted by molar-refractivity contribution is 0.0870. The first-order chi connectivity index (χ1) is 11.5. The summed E-state index contributed by atoms with van der Waals surface area (Å²) in [6.45, 7) is 6.85. The summed E-state index contributed by atoms with van der Waals surface area (Å²) in [5.41, 5.74) is 2.70. The number of carbonyl (C=O) groups is 1. The fourth-order valence-corrected chi connectivity index (χ4v) is 2.52. The Bertz CT molecular complexity index is 650. The van der Waals surface area contributed by atoms with E-state index < -0.39 is 6.10 Å². The molecule has 2 rings (SSSR count). The minimum atomic E-state index is -0.539. The van der Waals surface area contributed by atoms with Crippen molar-refractivity contribution in [1.82, 2.24) is 15.1 Å². The summed E-state index contributed by atoms with van der Waals surface area (Å²) >= 11 is 0. The molecule has 1 unspecified atom stereocenters. The minimum absolute atomic E-state index is 0.112. The third-order valence-corrected chi connectivity index (χ3v) is 4.10. The molecule has 5 nitrogen and oxygen atoms in total. The number of hydrogen-bond acceptors (Lipinski definition) is 3. The molecule has 1 heterocycles. The number of nitrogens with one attached hydrogen (secondary N) is 1. The predicted octanol–water partition coefficient (Wildman–Crippen LogP) is 2.63. The summed E-state index contributed by atoms with van der Waals surface area (Å²) in [5.74, 6) is -0.0568. The highest BCUT2D eigenvalue weighted by Crippen LogP contribution is 2.14. The number of aromatic nitrogens is 2. The number of hydrogen-bond donors (Lipinski definition) is 2. The Hall–Kier alpha value is -2.14. The van der Waals surface area contributed by atoms with Gasteiger partial charge in [0.1, 0.15) is 0 Å². The third-order valence-electron chi connectivity index (χ3n) is 4.10. The van der Waals surface area contributed by atoms with E-state index in [1.54, 1.807) is 6.20 Å². The fourth-order valence-electron chi connectivity index (χ4n) is 2.52. The van der Waals surface area contributed by atoms with E-state index in [1.165, 1.54) is 0 Å². The van der Waals surface area contributed by atoms with Crippen LogP contribution >= 0.6 is 0 Å². The van der Waals surface area contributed by atoms with Gasteiger partial charge in [0, 0.05) is 6.54 Å². The number of benzene rings is 1. The molecular weight excluding hydrogens is 302 g/mol. The highest BCUT2D eigenvalue weighted by molar-refractivity contribution is 5.95. The SMILES string of the molecule is CCCc1c(C(=O)NCC(O)C(C)C)cnn1Cc1ccccc1. The van der Waals surface area contributed by atoms with Crippen LogP contribution in [0, 0.1) is 5.92 Å². The van der Waals surface area contributed by atoms with Crippen molar-refractivity contribution in [3.8, 4) is 0 Å². The predicted molar refractivity (Wildman–Crippen MR) is 94.9 cm³/mol. The Balaban J connectivity index is 2.13. The fraction of sp³-hybridized carbons (Fsp3) is 0.474. The molecule has 0 spiro atoms. The van der Waals surface area contributed by atoms with Gasteiger partial charge < -0.3 is 10.4 Å². The molecule has 0 saturated carbocycles. The largest absolute Gasteiger partial charge is 0.391 e. The van der Waals surface area contributed by atoms with Crippen molar-refractivity contribution < 1.29 is 9.90 Å². The van der Waals surface area contributed by atoms with Crippen LogP contribution < -0.4 is 5.32 Å². The molecule has 0 aliphatic heterocycles. The van der Waals surface area contributed by atoms with Gasteiger partial charge in [-0.2, -0.15) is 5.10 Å². The topological polar surface area (TPSA) is 67.2 Å². The van der Waals surface area contributed by atoms with Gasteiger partial charge in [0.15, 0.2) is 0 Å². The van der Waals surface area contributed by atoms with E-state index >= 15 is 0 Å². The van der Waals surface area contributed by atoms with Gasteiger partial charge in [-0.25, -0.2) is 0 Å². The third kappa shape index (κ3) is 4.68. The molecule has 0 fully saturated rings. The van der Waals surface area contributed by atoms with Crippen LogP contribution in [0.5, 0.6) is 0 Å². The van der Waals surface area contributed by atoms with Crippen molar-refractivity contribution >= 4 is 5.91 Å². The molecule has 2 N–H and O–H groups in total. The summed E-state index contributed by atoms with van der Waals surface area (Å²) < 4.78 is 1.90. The van der Waals surface area contributed by atoms with Crippen LogP contribution in [-0.4, -0.2) is 33.4 Å². The Kier molecular flexibility index (Phi) is 6.55. The molecule has 1 atom stereocenters. The second-order valence-corrected chi connectivity index (χ2v) is 6.42. The van der Waals surface area contributed by atoms with Gasteiger partial charge >= 0.3 is 0 Å². The normalized spacial score (nSPS) is 12.4. The van der Waals surface area contributed by atoms with E-state index in [2.05, 4.69) is 29.5 Å². The van der Waals surface area contributed by atoms with Gasteiger partial charge in [-0.3, -0.25) is 9.48 Å². The van der Waals surface area contributed by atoms with Crippen LogP contribution in [0.4, 0.5) is 0 Å². The maximum atomic E-state index is 12.5. The van der Waals surface area contributed by atoms with Crippen molar-refractivity contribution in [2.75, 3.05) is 6.54 Å². The highest BCUT2D eigenvalue weighted by Gasteiger charge is 2.18. The first-order valence-corrected chi connectivity index (χ1v) is 8.57. The summed E-state index contributed by atoms with van der Waals surface area (Å²) in [6.07, 6.45) is 2.82. The monoisotopic (exact) mass is 329 g/mol. The van der Waals surface area contributed by atoms with Crippen LogP contribution in [0.3, 0.4) is 0 Å². The number of rotatable bonds is 8. The molecule has 5 heteroatoms. The summed E-state index contributed by atoms with van der Waals surface area (Å²) in [4.78, 5) is 12.5. The van der Waals surface area contributed by atoms with E-state index in [4.69, 9.17) is 0 Å². The molecule has 130 valence electrons. The molecule has 0 saturated heterocycles. The average molecular weight is 329 g/mol. The van der Waals surface area contributed by atoms with E-state index in [-0.39, 0.29) is 18.4 Å². The highest BCUT2D eigenvalue weighted by atomic mass is 16.3. The lowest BCUT2D eigenvalue weighted by Crippen LogP contribution is -2.35. The second kappa shape index (κ2) is 8.64. The van der Waals surface area contributed by atoms with E-state index in [0.717, 1.165) is 24.1 Å². The van der Waals surface area contributed by atoms with E-state index in [9.17, 15) is 9.90 Å². The Morgan fingerprint density at radius 1 is 1.29 bits per heavy atom. The first-order valence-electron chi connectivity index (χ1n) is 8.57. The van der Waals surface area contributed by atoms with Crippen LogP contribution in [0.2, 0.25) is 0 Å². The summed E-state index contributed by atoms with van der Waals surface area (Å²) in [5, 5.41) is 17.1. The number of aliphatic hydroxyl groups excluding tert-OH is 1. The summed E-state index contributed by atoms with van der Waals surface area (Å²) in [6, 6.07) is 10.1. The quantitative estimate of drug-likeness (QED) is 0.782. The minimum Gasteiger partial charge on any atom is -0.391 e. The smallest absolute Gasteiger partial charge is 0.254 e. The molecule has 1 aromatic carbocycles. The van der Waals surface area contributed by atoms with E-state index in [1.807, 2.05) is 36.7 Å². The molecule has 0 radical (unpaired) electrons. The molecule has 0 aliphatic rings. The molecule has 0 bridgehead atoms. The van der Waals surface area contributed by atoms with Crippen molar-refractivity contribution in [2.24, 2.45) is 5.92 Å². The van der Waals surface area contributed by atoms with Crippen molar-refractivity contribution in [3.63, 3.8) is 0 Å². The second-order valence-electron chi connectivity index (χ2n) is 6.42. The van der Waals surface area contributed by atoms with Gasteiger partial charge in [0.2, 0.25) is 0 Å². The van der Waals surface area contributed by atoms with Crippen molar-refractivity contribution in [3.05, 3.63) is 53.3 Å². The van der Waals surface area contributed by atoms with Crippen LogP contribution in [0.25, 0.3) is 0 Å². The zero-order chi connectivity index (χ0) is 17.5. The Morgan fingerprint density at radius 3 is 2.62 bits per heavy atom. The van der Waals surface area contributed by atoms with Gasteiger partial charge in [-0.1, -0.05) is 57.5 Å². The Labute approximate surface area is 143 Å². The maximum Gasteiger partial charge on any atom is 0.254 e. The number of carbonyl (C=O) groups excluding carboxylic acids is 1. The molecule has 2 aromatic rings. The van der Waals surface area contributed by atoms with Gasteiger partial charge in [0.05, 0.1) is 30.1 Å². The van der Waals surface area contributed by atoms with E-state index in [0.29, 0.717) is 12.1 Å². The molecular formula is C19H27N3O2. The lowest BCUT2D eigenvalue weighted by atomic mass is 10.1. The standard InChI is InChI=1S/C19H27N3O2/c1-4-8-17-16(19(24)20-12-18(23)14(2)3)11-21-22(17)13-15-9-6-5-7-10-15/h5-7,9-11,14,18,23H,4,8,12-13H2,1-3H3,(H,20,24). The Morgan fingerprint density at radius 2 is 2.00 bits per heavy atom. The lowest BCUT2D eigenvalue weighted by Gasteiger charge is -2.15. The van der Waals surface area contributed by atoms with Gasteiger partial charge in [-0.05, 0) is 17.9 Å². The van der Waals surface area contributed by atoms with Crippen LogP contribution in [0.1, 0.15) is 48.8 Å². The number of aliphatic hydroxyl groups is 1. The zero-order valence-electron chi connectivity index (χ0n) is 14.7. The van der Waals surface area contributed by atoms with Crippen LogP contribution in [0.15, 0.2) is 36.5 Å². The van der Waals surface area contributed by atoms with Crippen molar-refractivity contribution in [2.45, 2.75) is 46.3 Å². The number of amides is 1. The van der Waals surface area contributed by atoms with Gasteiger partial charge in [-0.15, -0.1) is 0 Å². The summed E-state index contributed by atoms with van der Waals surface area (Å²) in [7, 11) is 0. The van der Waals surface area contributed by atoms with Crippen molar-refractivity contribution in [1.29, 1.82) is 0 Å². The van der Waals surface area contributed by atoms with Gasteiger partial charge in [0.25, 0.3) is 5.91 Å². The average Bonchev–Trinajstić information content (AvgIpc) is 2.96. The maximum absolute atomic E-state index is 12.5. The molecule has 0 aliphatic carbocycles. The zero-order valence-corrected chi connectivity index (χ0v) is 14.7. The molecule has 24 heavy (non-hydrogen) atoms. The first kappa shape index (κ1) is 18.2.